The Bertz CT molecular complexity index is 1230. The number of fused-ring (bicyclic) bond motifs is 1. The van der Waals surface area contributed by atoms with Crippen molar-refractivity contribution in [2.24, 2.45) is 0 Å². The molecule has 38 heavy (non-hydrogen) atoms. The third kappa shape index (κ3) is 8.38. The molecule has 1 unspecified atom stereocenters. The molecule has 2 aromatic carbocycles. The van der Waals surface area contributed by atoms with E-state index in [0.717, 1.165) is 19.3 Å². The summed E-state index contributed by atoms with van der Waals surface area (Å²) in [7, 11) is 0. The van der Waals surface area contributed by atoms with Crippen LogP contribution in [0.25, 0.3) is 22.3 Å². The van der Waals surface area contributed by atoms with E-state index in [-0.39, 0.29) is 23.5 Å². The largest absolute Gasteiger partial charge is 0.493 e. The Balaban J connectivity index is 1.60. The first-order valence-electron chi connectivity index (χ1n) is 13.0. The van der Waals surface area contributed by atoms with Gasteiger partial charge in [0.2, 0.25) is 0 Å². The van der Waals surface area contributed by atoms with E-state index < -0.39 is 23.8 Å². The monoisotopic (exact) mass is 532 g/mol. The third-order valence-corrected chi connectivity index (χ3v) is 6.17. The smallest absolute Gasteiger partial charge is 0.417 e. The molecule has 3 rings (SSSR count). The van der Waals surface area contributed by atoms with Crippen molar-refractivity contribution < 1.29 is 37.0 Å². The summed E-state index contributed by atoms with van der Waals surface area (Å²) in [4.78, 5) is 11.4. The van der Waals surface area contributed by atoms with Gasteiger partial charge in [-0.2, -0.15) is 13.2 Å². The fourth-order valence-corrected chi connectivity index (χ4v) is 4.06. The van der Waals surface area contributed by atoms with Crippen LogP contribution in [0.3, 0.4) is 0 Å². The first-order chi connectivity index (χ1) is 18.1. The summed E-state index contributed by atoms with van der Waals surface area (Å²) in [6.45, 7) is 7.39. The molecule has 0 aliphatic carbocycles. The average molecular weight is 533 g/mol. The molecule has 0 saturated carbocycles. The first kappa shape index (κ1) is 29.3. The lowest BCUT2D eigenvalue weighted by atomic mass is 9.98. The van der Waals surface area contributed by atoms with Gasteiger partial charge in [0, 0.05) is 22.6 Å². The van der Waals surface area contributed by atoms with Crippen molar-refractivity contribution in [2.75, 3.05) is 13.2 Å². The highest BCUT2D eigenvalue weighted by Gasteiger charge is 2.34. The minimum absolute atomic E-state index is 0.0166. The first-order valence-corrected chi connectivity index (χ1v) is 13.0. The lowest BCUT2D eigenvalue weighted by molar-refractivity contribution is -0.142. The maximum Gasteiger partial charge on any atom is 0.417 e. The van der Waals surface area contributed by atoms with Crippen LogP contribution in [0.1, 0.15) is 63.5 Å². The molecule has 0 aliphatic heterocycles. The van der Waals surface area contributed by atoms with Gasteiger partial charge in [0.05, 0.1) is 18.3 Å². The van der Waals surface area contributed by atoms with Crippen LogP contribution >= 0.6 is 0 Å². The number of carbonyl (C=O) groups excluding carboxylic acids is 1. The highest BCUT2D eigenvalue weighted by atomic mass is 19.4. The number of aliphatic hydroxyl groups is 1. The van der Waals surface area contributed by atoms with Gasteiger partial charge >= 0.3 is 12.1 Å². The molecule has 3 aromatic rings. The Kier molecular flexibility index (Phi) is 10.4. The van der Waals surface area contributed by atoms with Crippen LogP contribution in [0.2, 0.25) is 0 Å². The zero-order chi connectivity index (χ0) is 27.7. The molecule has 0 radical (unpaired) electrons. The van der Waals surface area contributed by atoms with Gasteiger partial charge in [0.25, 0.3) is 0 Å². The topological polar surface area (TPSA) is 68.9 Å². The van der Waals surface area contributed by atoms with E-state index in [9.17, 15) is 23.1 Å². The second-order valence-electron chi connectivity index (χ2n) is 9.52. The van der Waals surface area contributed by atoms with E-state index in [1.165, 1.54) is 12.1 Å². The van der Waals surface area contributed by atoms with Gasteiger partial charge in [-0.15, -0.1) is 0 Å². The fraction of sp³-hybridized carbons (Fsp3) is 0.433. The Morgan fingerprint density at radius 2 is 1.87 bits per heavy atom. The van der Waals surface area contributed by atoms with Crippen molar-refractivity contribution in [2.45, 2.75) is 71.1 Å². The molecule has 1 atom stereocenters. The van der Waals surface area contributed by atoms with E-state index >= 15 is 0 Å². The highest BCUT2D eigenvalue weighted by Crippen LogP contribution is 2.40. The van der Waals surface area contributed by atoms with E-state index in [1.54, 1.807) is 37.3 Å². The standard InChI is InChI=1S/C30H35F3O5/c1-4-5-6-9-21-11-14-25(26(16-21)30(31,32)33)28-17-22-12-13-24(18-27(22)38-28)36-15-8-7-10-23(34)19-37-29(35)20(2)3/h11-14,16-18,23,34H,2,4-10,15,19H2,1,3H3. The molecule has 0 spiro atoms. The molecular weight excluding hydrogens is 497 g/mol. The predicted octanol–water partition coefficient (Wildman–Crippen LogP) is 7.88. The number of rotatable bonds is 14. The summed E-state index contributed by atoms with van der Waals surface area (Å²) in [5.41, 5.74) is 0.707. The molecule has 0 aliphatic rings. The summed E-state index contributed by atoms with van der Waals surface area (Å²) >= 11 is 0. The Hall–Kier alpha value is -3.26. The number of esters is 1. The van der Waals surface area contributed by atoms with Crippen molar-refractivity contribution in [1.29, 1.82) is 0 Å². The molecule has 8 heteroatoms. The molecule has 0 fully saturated rings. The van der Waals surface area contributed by atoms with Gasteiger partial charge in [-0.05, 0) is 68.9 Å². The number of alkyl halides is 3. The molecule has 1 N–H and O–H groups in total. The zero-order valence-corrected chi connectivity index (χ0v) is 21.9. The van der Waals surface area contributed by atoms with Gasteiger partial charge in [-0.3, -0.25) is 0 Å². The van der Waals surface area contributed by atoms with Crippen molar-refractivity contribution in [3.63, 3.8) is 0 Å². The predicted molar refractivity (Wildman–Crippen MR) is 141 cm³/mol. The minimum Gasteiger partial charge on any atom is -0.493 e. The lowest BCUT2D eigenvalue weighted by Crippen LogP contribution is -2.19. The van der Waals surface area contributed by atoms with E-state index in [1.807, 2.05) is 0 Å². The second kappa shape index (κ2) is 13.5. The number of carbonyl (C=O) groups is 1. The summed E-state index contributed by atoms with van der Waals surface area (Å²) in [6.07, 6.45) is -0.0389. The second-order valence-corrected chi connectivity index (χ2v) is 9.52. The van der Waals surface area contributed by atoms with Crippen LogP contribution < -0.4 is 4.74 Å². The average Bonchev–Trinajstić information content (AvgIpc) is 3.30. The van der Waals surface area contributed by atoms with Crippen LogP contribution in [0.15, 0.2) is 59.0 Å². The normalized spacial score (nSPS) is 12.5. The van der Waals surface area contributed by atoms with Crippen LogP contribution in [0, 0.1) is 0 Å². The van der Waals surface area contributed by atoms with Gasteiger partial charge in [0.1, 0.15) is 23.7 Å². The number of halogens is 3. The Labute approximate surface area is 221 Å². The van der Waals surface area contributed by atoms with Gasteiger partial charge in [-0.25, -0.2) is 4.79 Å². The summed E-state index contributed by atoms with van der Waals surface area (Å²) in [5, 5.41) is 10.6. The maximum atomic E-state index is 13.9. The maximum absolute atomic E-state index is 13.9. The number of furan rings is 1. The fourth-order valence-electron chi connectivity index (χ4n) is 4.06. The third-order valence-electron chi connectivity index (χ3n) is 6.17. The van der Waals surface area contributed by atoms with Gasteiger partial charge < -0.3 is 19.0 Å². The SMILES string of the molecule is C=C(C)C(=O)OCC(O)CCCCOc1ccc2cc(-c3ccc(CCCCC)cc3C(F)(F)F)oc2c1. The number of aryl methyl sites for hydroxylation is 1. The molecule has 5 nitrogen and oxygen atoms in total. The van der Waals surface area contributed by atoms with E-state index in [2.05, 4.69) is 13.5 Å². The molecule has 0 bridgehead atoms. The molecule has 206 valence electrons. The van der Waals surface area contributed by atoms with Crippen LogP contribution in [-0.4, -0.2) is 30.4 Å². The summed E-state index contributed by atoms with van der Waals surface area (Å²) in [5.74, 6) is 0.167. The van der Waals surface area contributed by atoms with Crippen molar-refractivity contribution >= 4 is 16.9 Å². The number of hydrogen-bond donors (Lipinski definition) is 1. The molecule has 0 amide bonds. The Morgan fingerprint density at radius 3 is 2.58 bits per heavy atom. The molecule has 0 saturated heterocycles. The van der Waals surface area contributed by atoms with Crippen molar-refractivity contribution in [3.8, 4) is 17.1 Å². The van der Waals surface area contributed by atoms with Crippen molar-refractivity contribution in [1.82, 2.24) is 0 Å². The lowest BCUT2D eigenvalue weighted by Gasteiger charge is -2.13. The number of unbranched alkanes of at least 4 members (excludes halogenated alkanes) is 3. The zero-order valence-electron chi connectivity index (χ0n) is 21.9. The number of benzene rings is 2. The molecule has 1 heterocycles. The van der Waals surface area contributed by atoms with E-state index in [0.29, 0.717) is 54.6 Å². The quantitative estimate of drug-likeness (QED) is 0.130. The van der Waals surface area contributed by atoms with Gasteiger partial charge in [-0.1, -0.05) is 38.5 Å². The van der Waals surface area contributed by atoms with E-state index in [4.69, 9.17) is 13.9 Å². The summed E-state index contributed by atoms with van der Waals surface area (Å²) < 4.78 is 58.2. The number of aliphatic hydroxyl groups excluding tert-OH is 1. The van der Waals surface area contributed by atoms with Gasteiger partial charge in [0.15, 0.2) is 0 Å². The van der Waals surface area contributed by atoms with Crippen LogP contribution in [-0.2, 0) is 22.1 Å². The highest BCUT2D eigenvalue weighted by molar-refractivity contribution is 5.87. The molecular formula is C30H35F3O5. The van der Waals surface area contributed by atoms with Crippen LogP contribution in [0.5, 0.6) is 5.75 Å². The number of hydrogen-bond acceptors (Lipinski definition) is 5. The summed E-state index contributed by atoms with van der Waals surface area (Å²) in [6, 6.07) is 11.2. The Morgan fingerprint density at radius 1 is 1.08 bits per heavy atom. The van der Waals surface area contributed by atoms with Crippen LogP contribution in [0.4, 0.5) is 13.2 Å². The number of ether oxygens (including phenoxy) is 2. The molecule has 1 aromatic heterocycles. The van der Waals surface area contributed by atoms with Crippen molar-refractivity contribution in [3.05, 3.63) is 65.7 Å². The minimum atomic E-state index is -4.50.